The van der Waals surface area contributed by atoms with Gasteiger partial charge < -0.3 is 20.1 Å². The van der Waals surface area contributed by atoms with Crippen LogP contribution >= 0.6 is 0 Å². The average Bonchev–Trinajstić information content (AvgIpc) is 2.72. The fourth-order valence-corrected chi connectivity index (χ4v) is 2.96. The van der Waals surface area contributed by atoms with Gasteiger partial charge >= 0.3 is 6.09 Å². The number of aromatic hydroxyl groups is 1. The summed E-state index contributed by atoms with van der Waals surface area (Å²) in [6, 6.07) is 4.23. The fourth-order valence-electron chi connectivity index (χ4n) is 2.96. The first-order valence-electron chi connectivity index (χ1n) is 8.71. The predicted molar refractivity (Wildman–Crippen MR) is 96.6 cm³/mol. The van der Waals surface area contributed by atoms with E-state index in [0.29, 0.717) is 18.3 Å². The highest BCUT2D eigenvalue weighted by Gasteiger charge is 2.25. The van der Waals surface area contributed by atoms with Crippen molar-refractivity contribution >= 4 is 11.8 Å². The van der Waals surface area contributed by atoms with E-state index >= 15 is 0 Å². The Morgan fingerprint density at radius 3 is 2.62 bits per heavy atom. The molecule has 0 saturated carbocycles. The number of rotatable bonds is 2. The average molecular weight is 334 g/mol. The Kier molecular flexibility index (Phi) is 5.62. The maximum atomic E-state index is 12.2. The summed E-state index contributed by atoms with van der Waals surface area (Å²) in [5.74, 6) is 0.351. The van der Waals surface area contributed by atoms with Gasteiger partial charge in [0.2, 0.25) is 0 Å². The summed E-state index contributed by atoms with van der Waals surface area (Å²) in [7, 11) is 0. The lowest BCUT2D eigenvalue weighted by atomic mass is 10.1. The highest BCUT2D eigenvalue weighted by molar-refractivity contribution is 5.68. The molecule has 0 aromatic heterocycles. The molecule has 0 spiro atoms. The second kappa shape index (κ2) is 7.32. The molecule has 2 N–H and O–H groups in total. The Labute approximate surface area is 145 Å². The van der Waals surface area contributed by atoms with Gasteiger partial charge in [0, 0.05) is 30.4 Å². The number of amides is 1. The van der Waals surface area contributed by atoms with Crippen molar-refractivity contribution in [1.82, 2.24) is 4.90 Å². The molecule has 1 aromatic carbocycles. The summed E-state index contributed by atoms with van der Waals surface area (Å²) < 4.78 is 5.47. The van der Waals surface area contributed by atoms with Crippen molar-refractivity contribution in [3.05, 3.63) is 23.3 Å². The maximum Gasteiger partial charge on any atom is 0.410 e. The van der Waals surface area contributed by atoms with Gasteiger partial charge in [-0.3, -0.25) is 0 Å². The minimum Gasteiger partial charge on any atom is -0.507 e. The number of phenols is 1. The van der Waals surface area contributed by atoms with Crippen molar-refractivity contribution in [1.29, 1.82) is 0 Å². The Bertz CT molecular complexity index is 593. The van der Waals surface area contributed by atoms with Gasteiger partial charge in [0.25, 0.3) is 0 Å². The number of benzene rings is 1. The molecular formula is C19H30N2O3. The van der Waals surface area contributed by atoms with Gasteiger partial charge in [0.15, 0.2) is 0 Å². The van der Waals surface area contributed by atoms with Crippen LogP contribution in [0.3, 0.4) is 0 Å². The summed E-state index contributed by atoms with van der Waals surface area (Å²) >= 11 is 0. The lowest BCUT2D eigenvalue weighted by molar-refractivity contribution is 0.0256. The number of aryl methyl sites for hydroxylation is 1. The molecule has 2 rings (SSSR count). The number of likely N-dealkylation sites (tertiary alicyclic amines) is 1. The van der Waals surface area contributed by atoms with Crippen LogP contribution < -0.4 is 5.32 Å². The summed E-state index contributed by atoms with van der Waals surface area (Å²) in [4.78, 5) is 14.0. The topological polar surface area (TPSA) is 61.8 Å². The number of nitrogens with one attached hydrogen (secondary N) is 1. The molecule has 1 heterocycles. The zero-order valence-corrected chi connectivity index (χ0v) is 15.5. The number of hydrogen-bond donors (Lipinski definition) is 2. The van der Waals surface area contributed by atoms with E-state index in [9.17, 15) is 9.90 Å². The number of phenolic OH excluding ortho intramolecular Hbond substituents is 1. The van der Waals surface area contributed by atoms with Gasteiger partial charge in [-0.15, -0.1) is 0 Å². The molecule has 0 aliphatic carbocycles. The van der Waals surface area contributed by atoms with Gasteiger partial charge in [-0.1, -0.05) is 6.07 Å². The van der Waals surface area contributed by atoms with Gasteiger partial charge in [-0.2, -0.15) is 0 Å². The van der Waals surface area contributed by atoms with E-state index in [1.54, 1.807) is 4.90 Å². The number of ether oxygens (including phenoxy) is 1. The number of hydrogen-bond acceptors (Lipinski definition) is 4. The molecule has 1 unspecified atom stereocenters. The van der Waals surface area contributed by atoms with Crippen LogP contribution in [0.1, 0.15) is 51.2 Å². The van der Waals surface area contributed by atoms with E-state index in [-0.39, 0.29) is 6.09 Å². The molecule has 1 aliphatic rings. The molecule has 1 aliphatic heterocycles. The van der Waals surface area contributed by atoms with Crippen LogP contribution in [0, 0.1) is 13.8 Å². The molecule has 5 heteroatoms. The Morgan fingerprint density at radius 1 is 1.25 bits per heavy atom. The van der Waals surface area contributed by atoms with E-state index in [1.165, 1.54) is 0 Å². The van der Waals surface area contributed by atoms with E-state index in [4.69, 9.17) is 4.74 Å². The van der Waals surface area contributed by atoms with E-state index < -0.39 is 5.60 Å². The van der Waals surface area contributed by atoms with Crippen molar-refractivity contribution in [2.45, 2.75) is 65.5 Å². The number of carbonyl (C=O) groups is 1. The van der Waals surface area contributed by atoms with Gasteiger partial charge in [0.1, 0.15) is 11.4 Å². The molecule has 1 saturated heterocycles. The van der Waals surface area contributed by atoms with Gasteiger partial charge in [-0.25, -0.2) is 4.79 Å². The number of anilines is 1. The molecule has 1 atom stereocenters. The second-order valence-electron chi connectivity index (χ2n) is 7.64. The Balaban J connectivity index is 1.96. The zero-order valence-electron chi connectivity index (χ0n) is 15.5. The largest absolute Gasteiger partial charge is 0.507 e. The van der Waals surface area contributed by atoms with Gasteiger partial charge in [-0.05, 0) is 65.5 Å². The first kappa shape index (κ1) is 18.4. The normalized spacial score (nSPS) is 18.9. The molecule has 1 amide bonds. The quantitative estimate of drug-likeness (QED) is 0.850. The minimum atomic E-state index is -0.461. The zero-order chi connectivity index (χ0) is 17.9. The first-order chi connectivity index (χ1) is 11.2. The monoisotopic (exact) mass is 334 g/mol. The number of nitrogens with zero attached hydrogens (tertiary/aromatic N) is 1. The Morgan fingerprint density at radius 2 is 1.96 bits per heavy atom. The van der Waals surface area contributed by atoms with Crippen LogP contribution in [0.5, 0.6) is 5.75 Å². The van der Waals surface area contributed by atoms with E-state index in [0.717, 1.165) is 42.6 Å². The standard InChI is InChI=1S/C19H30N2O3/c1-13-8-9-16(14(2)17(13)22)20-15-7-6-11-21(12-10-15)18(23)24-19(3,4)5/h8-9,15,20,22H,6-7,10-12H2,1-5H3. The summed E-state index contributed by atoms with van der Waals surface area (Å²) in [6.45, 7) is 10.9. The highest BCUT2D eigenvalue weighted by atomic mass is 16.6. The first-order valence-corrected chi connectivity index (χ1v) is 8.71. The molecular weight excluding hydrogens is 304 g/mol. The smallest absolute Gasteiger partial charge is 0.410 e. The van der Waals surface area contributed by atoms with Crippen LogP contribution in [-0.2, 0) is 4.74 Å². The van der Waals surface area contributed by atoms with Crippen LogP contribution in [0.25, 0.3) is 0 Å². The lowest BCUT2D eigenvalue weighted by Crippen LogP contribution is -2.37. The second-order valence-corrected chi connectivity index (χ2v) is 7.64. The molecule has 1 fully saturated rings. The van der Waals surface area contributed by atoms with Crippen LogP contribution in [0.2, 0.25) is 0 Å². The third-order valence-electron chi connectivity index (χ3n) is 4.37. The van der Waals surface area contributed by atoms with Crippen LogP contribution in [-0.4, -0.2) is 40.8 Å². The van der Waals surface area contributed by atoms with Crippen molar-refractivity contribution in [3.8, 4) is 5.75 Å². The van der Waals surface area contributed by atoms with E-state index in [1.807, 2.05) is 46.8 Å². The van der Waals surface area contributed by atoms with Crippen LogP contribution in [0.4, 0.5) is 10.5 Å². The van der Waals surface area contributed by atoms with E-state index in [2.05, 4.69) is 5.32 Å². The predicted octanol–water partition coefficient (Wildman–Crippen LogP) is 4.21. The summed E-state index contributed by atoms with van der Waals surface area (Å²) in [5, 5.41) is 13.6. The van der Waals surface area contributed by atoms with Crippen molar-refractivity contribution in [3.63, 3.8) is 0 Å². The van der Waals surface area contributed by atoms with Crippen molar-refractivity contribution < 1.29 is 14.6 Å². The number of carbonyl (C=O) groups excluding carboxylic acids is 1. The summed E-state index contributed by atoms with van der Waals surface area (Å²) in [5.41, 5.74) is 2.27. The SMILES string of the molecule is Cc1ccc(NC2CCCN(C(=O)OC(C)(C)C)CC2)c(C)c1O. The lowest BCUT2D eigenvalue weighted by Gasteiger charge is -2.26. The molecule has 0 radical (unpaired) electrons. The van der Waals surface area contributed by atoms with Gasteiger partial charge in [0.05, 0.1) is 0 Å². The molecule has 24 heavy (non-hydrogen) atoms. The molecule has 5 nitrogen and oxygen atoms in total. The molecule has 0 bridgehead atoms. The molecule has 1 aromatic rings. The minimum absolute atomic E-state index is 0.229. The molecule has 134 valence electrons. The summed E-state index contributed by atoms with van der Waals surface area (Å²) in [6.07, 6.45) is 2.57. The van der Waals surface area contributed by atoms with Crippen molar-refractivity contribution in [2.24, 2.45) is 0 Å². The maximum absolute atomic E-state index is 12.2. The van der Waals surface area contributed by atoms with Crippen molar-refractivity contribution in [2.75, 3.05) is 18.4 Å². The third kappa shape index (κ3) is 4.79. The van der Waals surface area contributed by atoms with Crippen LogP contribution in [0.15, 0.2) is 12.1 Å². The third-order valence-corrected chi connectivity index (χ3v) is 4.37. The highest BCUT2D eigenvalue weighted by Crippen LogP contribution is 2.29. The fraction of sp³-hybridized carbons (Fsp3) is 0.632. The Hall–Kier alpha value is -1.91.